The first-order valence-corrected chi connectivity index (χ1v) is 11.6. The van der Waals surface area contributed by atoms with Gasteiger partial charge in [-0.05, 0) is 62.1 Å². The van der Waals surface area contributed by atoms with Crippen LogP contribution in [0.5, 0.6) is 0 Å². The van der Waals surface area contributed by atoms with E-state index in [9.17, 15) is 22.8 Å². The molecule has 1 aliphatic carbocycles. The summed E-state index contributed by atoms with van der Waals surface area (Å²) in [6.07, 6.45) is 0.461. The Morgan fingerprint density at radius 2 is 1.94 bits per heavy atom. The number of nitrogens with one attached hydrogen (secondary N) is 1. The van der Waals surface area contributed by atoms with E-state index in [0.717, 1.165) is 18.9 Å². The molecule has 178 valence electrons. The van der Waals surface area contributed by atoms with E-state index >= 15 is 0 Å². The molecule has 1 atom stereocenters. The maximum Gasteiger partial charge on any atom is 0.417 e. The van der Waals surface area contributed by atoms with Crippen molar-refractivity contribution in [3.05, 3.63) is 29.3 Å². The summed E-state index contributed by atoms with van der Waals surface area (Å²) >= 11 is 0. The van der Waals surface area contributed by atoms with Gasteiger partial charge in [0.05, 0.1) is 17.2 Å². The summed E-state index contributed by atoms with van der Waals surface area (Å²) < 4.78 is 40.1. The molecular weight excluding hydrogens is 433 g/mol. The van der Waals surface area contributed by atoms with E-state index in [1.165, 1.54) is 6.07 Å². The lowest BCUT2D eigenvalue weighted by atomic mass is 9.76. The summed E-state index contributed by atoms with van der Waals surface area (Å²) in [5, 5.41) is 12.1. The molecule has 3 fully saturated rings. The minimum Gasteiger partial charge on any atom is -0.371 e. The number of hydrogen-bond acceptors (Lipinski definition) is 4. The molecule has 0 radical (unpaired) electrons. The van der Waals surface area contributed by atoms with E-state index in [4.69, 9.17) is 5.26 Å². The average Bonchev–Trinajstić information content (AvgIpc) is 3.52. The van der Waals surface area contributed by atoms with E-state index in [1.54, 1.807) is 17.0 Å². The molecule has 3 aliphatic rings. The second kappa shape index (κ2) is 8.88. The standard InChI is InChI=1S/C24H29F3N4O2/c1-2-3-21(32)31-15-23(13-20(31)22(33)29-17-5-6-17)8-10-30(11-9-23)18-7-4-16(14-28)19(12-18)24(25,26)27/h4,7,12,17,20H,2-3,5-6,8-11,13,15H2,1H3,(H,29,33). The van der Waals surface area contributed by atoms with Gasteiger partial charge in [-0.3, -0.25) is 9.59 Å². The quantitative estimate of drug-likeness (QED) is 0.721. The van der Waals surface area contributed by atoms with Gasteiger partial charge in [-0.15, -0.1) is 0 Å². The maximum absolute atomic E-state index is 13.4. The predicted octanol–water partition coefficient (Wildman–Crippen LogP) is 3.84. The minimum absolute atomic E-state index is 0.00494. The third-order valence-corrected chi connectivity index (χ3v) is 7.14. The number of halogens is 3. The number of hydrogen-bond donors (Lipinski definition) is 1. The van der Waals surface area contributed by atoms with Gasteiger partial charge in [-0.1, -0.05) is 6.92 Å². The number of carbonyl (C=O) groups excluding carboxylic acids is 2. The van der Waals surface area contributed by atoms with Crippen molar-refractivity contribution in [2.45, 2.75) is 70.1 Å². The molecule has 1 spiro atoms. The maximum atomic E-state index is 13.4. The molecule has 2 saturated heterocycles. The Labute approximate surface area is 191 Å². The highest BCUT2D eigenvalue weighted by Gasteiger charge is 2.50. The zero-order chi connectivity index (χ0) is 23.8. The van der Waals surface area contributed by atoms with Gasteiger partial charge < -0.3 is 15.1 Å². The summed E-state index contributed by atoms with van der Waals surface area (Å²) in [6.45, 7) is 3.53. The van der Waals surface area contributed by atoms with Crippen LogP contribution < -0.4 is 10.2 Å². The second-order valence-electron chi connectivity index (χ2n) is 9.60. The third-order valence-electron chi connectivity index (χ3n) is 7.14. The Morgan fingerprint density at radius 1 is 1.24 bits per heavy atom. The van der Waals surface area contributed by atoms with Crippen LogP contribution in [-0.4, -0.2) is 48.4 Å². The Morgan fingerprint density at radius 3 is 2.52 bits per heavy atom. The van der Waals surface area contributed by atoms with Crippen molar-refractivity contribution in [3.8, 4) is 6.07 Å². The van der Waals surface area contributed by atoms with Crippen molar-refractivity contribution < 1.29 is 22.8 Å². The fourth-order valence-electron chi connectivity index (χ4n) is 5.10. The van der Waals surface area contributed by atoms with E-state index in [2.05, 4.69) is 5.32 Å². The van der Waals surface area contributed by atoms with E-state index in [0.29, 0.717) is 57.4 Å². The molecule has 2 heterocycles. The molecule has 0 bridgehead atoms. The molecular formula is C24H29F3N4O2. The van der Waals surface area contributed by atoms with E-state index < -0.39 is 17.8 Å². The number of carbonyl (C=O) groups is 2. The number of piperidine rings is 1. The number of nitrogens with zero attached hydrogens (tertiary/aromatic N) is 3. The van der Waals surface area contributed by atoms with Crippen LogP contribution in [0.3, 0.4) is 0 Å². The number of anilines is 1. The van der Waals surface area contributed by atoms with Crippen molar-refractivity contribution in [1.82, 2.24) is 10.2 Å². The monoisotopic (exact) mass is 462 g/mol. The first-order chi connectivity index (χ1) is 15.7. The molecule has 4 rings (SSSR count). The zero-order valence-electron chi connectivity index (χ0n) is 18.7. The highest BCUT2D eigenvalue weighted by atomic mass is 19.4. The fraction of sp³-hybridized carbons (Fsp3) is 0.625. The molecule has 33 heavy (non-hydrogen) atoms. The molecule has 1 aromatic rings. The molecule has 2 amide bonds. The Balaban J connectivity index is 1.48. The lowest BCUT2D eigenvalue weighted by molar-refractivity contribution is -0.138. The normalized spacial score (nSPS) is 22.3. The Bertz CT molecular complexity index is 959. The number of amides is 2. The van der Waals surface area contributed by atoms with Crippen LogP contribution >= 0.6 is 0 Å². The van der Waals surface area contributed by atoms with Crippen molar-refractivity contribution in [3.63, 3.8) is 0 Å². The van der Waals surface area contributed by atoms with Crippen LogP contribution in [0.2, 0.25) is 0 Å². The van der Waals surface area contributed by atoms with Gasteiger partial charge in [0.25, 0.3) is 0 Å². The SMILES string of the molecule is CCCC(=O)N1CC2(CCN(c3ccc(C#N)c(C(F)(F)F)c3)CC2)CC1C(=O)NC1CC1. The molecule has 1 saturated carbocycles. The van der Waals surface area contributed by atoms with E-state index in [1.807, 2.05) is 11.8 Å². The molecule has 2 aliphatic heterocycles. The summed E-state index contributed by atoms with van der Waals surface area (Å²) in [4.78, 5) is 29.3. The topological polar surface area (TPSA) is 76.4 Å². The highest BCUT2D eigenvalue weighted by Crippen LogP contribution is 2.45. The highest BCUT2D eigenvalue weighted by molar-refractivity contribution is 5.88. The largest absolute Gasteiger partial charge is 0.417 e. The lowest BCUT2D eigenvalue weighted by Gasteiger charge is -2.40. The second-order valence-corrected chi connectivity index (χ2v) is 9.60. The summed E-state index contributed by atoms with van der Waals surface area (Å²) in [6, 6.07) is 5.20. The smallest absolute Gasteiger partial charge is 0.371 e. The first-order valence-electron chi connectivity index (χ1n) is 11.6. The number of rotatable bonds is 5. The van der Waals surface area contributed by atoms with E-state index in [-0.39, 0.29) is 28.8 Å². The van der Waals surface area contributed by atoms with Crippen LogP contribution in [-0.2, 0) is 15.8 Å². The third kappa shape index (κ3) is 4.94. The molecule has 6 nitrogen and oxygen atoms in total. The summed E-state index contributed by atoms with van der Waals surface area (Å²) in [5.41, 5.74) is -1.07. The van der Waals surface area contributed by atoms with Crippen molar-refractivity contribution >= 4 is 17.5 Å². The van der Waals surface area contributed by atoms with Crippen molar-refractivity contribution in [2.24, 2.45) is 5.41 Å². The Hall–Kier alpha value is -2.76. The predicted molar refractivity (Wildman–Crippen MR) is 116 cm³/mol. The molecule has 0 aromatic heterocycles. The van der Waals surface area contributed by atoms with Crippen LogP contribution in [0.25, 0.3) is 0 Å². The number of likely N-dealkylation sites (tertiary alicyclic amines) is 1. The van der Waals surface area contributed by atoms with Gasteiger partial charge in [0.15, 0.2) is 0 Å². The van der Waals surface area contributed by atoms with Crippen molar-refractivity contribution in [2.75, 3.05) is 24.5 Å². The van der Waals surface area contributed by atoms with Gasteiger partial charge >= 0.3 is 6.18 Å². The van der Waals surface area contributed by atoms with Crippen LogP contribution in [0.15, 0.2) is 18.2 Å². The summed E-state index contributed by atoms with van der Waals surface area (Å²) in [5.74, 6) is -0.0853. The lowest BCUT2D eigenvalue weighted by Crippen LogP contribution is -2.46. The number of alkyl halides is 3. The van der Waals surface area contributed by atoms with Gasteiger partial charge in [-0.2, -0.15) is 18.4 Å². The van der Waals surface area contributed by atoms with Crippen LogP contribution in [0, 0.1) is 16.7 Å². The minimum atomic E-state index is -4.59. The van der Waals surface area contributed by atoms with Gasteiger partial charge in [0.2, 0.25) is 11.8 Å². The van der Waals surface area contributed by atoms with Crippen molar-refractivity contribution in [1.29, 1.82) is 5.26 Å². The molecule has 1 N–H and O–H groups in total. The molecule has 1 aromatic carbocycles. The number of benzene rings is 1. The van der Waals surface area contributed by atoms with Gasteiger partial charge in [0, 0.05) is 37.8 Å². The molecule has 9 heteroatoms. The molecule has 1 unspecified atom stereocenters. The average molecular weight is 463 g/mol. The zero-order valence-corrected chi connectivity index (χ0v) is 18.7. The van der Waals surface area contributed by atoms with Crippen LogP contribution in [0.4, 0.5) is 18.9 Å². The van der Waals surface area contributed by atoms with Gasteiger partial charge in [-0.25, -0.2) is 0 Å². The number of nitriles is 1. The Kier molecular flexibility index (Phi) is 6.30. The fourth-order valence-corrected chi connectivity index (χ4v) is 5.10. The van der Waals surface area contributed by atoms with Crippen LogP contribution in [0.1, 0.15) is 63.0 Å². The first kappa shape index (κ1) is 23.4. The van der Waals surface area contributed by atoms with Gasteiger partial charge in [0.1, 0.15) is 6.04 Å². The summed E-state index contributed by atoms with van der Waals surface area (Å²) in [7, 11) is 0.